The minimum Gasteiger partial charge on any atom is -0.378 e. The Morgan fingerprint density at radius 3 is 2.19 bits per heavy atom. The van der Waals surface area contributed by atoms with Crippen LogP contribution in [-0.2, 0) is 4.74 Å². The monoisotopic (exact) mass is 492 g/mol. The molecule has 0 saturated carbocycles. The first-order valence-electron chi connectivity index (χ1n) is 10.7. The van der Waals surface area contributed by atoms with Crippen LogP contribution in [-0.4, -0.2) is 38.0 Å². The van der Waals surface area contributed by atoms with E-state index >= 15 is 0 Å². The summed E-state index contributed by atoms with van der Waals surface area (Å²) in [6.45, 7) is 5.20. The maximum atomic E-state index is 13.1. The summed E-state index contributed by atoms with van der Waals surface area (Å²) in [5.74, 6) is -0.443. The molecule has 5 nitrogen and oxygen atoms in total. The van der Waals surface area contributed by atoms with E-state index in [-0.39, 0.29) is 17.7 Å². The molecule has 0 aromatic heterocycles. The van der Waals surface area contributed by atoms with E-state index in [0.29, 0.717) is 16.7 Å². The third-order valence-electron chi connectivity index (χ3n) is 5.64. The molecule has 164 valence electrons. The van der Waals surface area contributed by atoms with Gasteiger partial charge in [0.15, 0.2) is 5.78 Å². The van der Waals surface area contributed by atoms with Crippen molar-refractivity contribution in [2.45, 2.75) is 13.0 Å². The number of morpholine rings is 1. The van der Waals surface area contributed by atoms with E-state index in [9.17, 15) is 9.59 Å². The van der Waals surface area contributed by atoms with Crippen LogP contribution < -0.4 is 10.2 Å². The molecule has 1 aliphatic rings. The van der Waals surface area contributed by atoms with Crippen molar-refractivity contribution in [1.82, 2.24) is 5.32 Å². The second-order valence-electron chi connectivity index (χ2n) is 7.77. The highest BCUT2D eigenvalue weighted by Crippen LogP contribution is 2.22. The summed E-state index contributed by atoms with van der Waals surface area (Å²) < 4.78 is 6.31. The highest BCUT2D eigenvalue weighted by molar-refractivity contribution is 9.10. The van der Waals surface area contributed by atoms with E-state index in [1.165, 1.54) is 0 Å². The highest BCUT2D eigenvalue weighted by atomic mass is 79.9. The van der Waals surface area contributed by atoms with Crippen molar-refractivity contribution in [3.63, 3.8) is 0 Å². The number of ether oxygens (including phenoxy) is 1. The molecule has 1 N–H and O–H groups in total. The molecule has 0 radical (unpaired) electrons. The van der Waals surface area contributed by atoms with Crippen molar-refractivity contribution < 1.29 is 14.3 Å². The number of ketones is 1. The lowest BCUT2D eigenvalue weighted by Crippen LogP contribution is -2.36. The largest absolute Gasteiger partial charge is 0.378 e. The van der Waals surface area contributed by atoms with Crippen LogP contribution in [0.25, 0.3) is 0 Å². The van der Waals surface area contributed by atoms with Gasteiger partial charge in [-0.3, -0.25) is 9.59 Å². The Labute approximate surface area is 196 Å². The summed E-state index contributed by atoms with van der Waals surface area (Å²) in [4.78, 5) is 28.4. The molecule has 3 aromatic rings. The molecule has 4 rings (SSSR count). The van der Waals surface area contributed by atoms with Crippen LogP contribution in [0.5, 0.6) is 0 Å². The zero-order valence-electron chi connectivity index (χ0n) is 17.9. The molecule has 1 heterocycles. The first kappa shape index (κ1) is 22.2. The minimum atomic E-state index is -0.268. The molecule has 3 aromatic carbocycles. The van der Waals surface area contributed by atoms with Gasteiger partial charge in [0, 0.05) is 34.4 Å². The van der Waals surface area contributed by atoms with E-state index in [0.717, 1.165) is 42.0 Å². The van der Waals surface area contributed by atoms with Gasteiger partial charge < -0.3 is 15.0 Å². The van der Waals surface area contributed by atoms with E-state index in [4.69, 9.17) is 4.74 Å². The molecular weight excluding hydrogens is 468 g/mol. The standard InChI is InChI=1S/C26H25BrN2O3/c1-18(19-8-12-22(13-9-19)29-14-16-32-17-15-29)28-26(31)24-5-3-2-4-23(24)25(30)20-6-10-21(27)11-7-20/h2-13,18H,14-17H2,1H3,(H,28,31). The number of nitrogens with zero attached hydrogens (tertiary/aromatic N) is 1. The van der Waals surface area contributed by atoms with Crippen molar-refractivity contribution in [1.29, 1.82) is 0 Å². The third kappa shape index (κ3) is 5.09. The SMILES string of the molecule is CC(NC(=O)c1ccccc1C(=O)c1ccc(Br)cc1)c1ccc(N2CCOCC2)cc1. The molecular formula is C26H25BrN2O3. The molecule has 1 unspecified atom stereocenters. The Morgan fingerprint density at radius 1 is 0.906 bits per heavy atom. The Hall–Kier alpha value is -2.96. The van der Waals surface area contributed by atoms with Crippen LogP contribution in [0.3, 0.4) is 0 Å². The number of hydrogen-bond donors (Lipinski definition) is 1. The fourth-order valence-corrected chi connectivity index (χ4v) is 4.05. The lowest BCUT2D eigenvalue weighted by molar-refractivity contribution is 0.0929. The van der Waals surface area contributed by atoms with E-state index in [1.54, 1.807) is 36.4 Å². The predicted octanol–water partition coefficient (Wildman–Crippen LogP) is 5.01. The molecule has 1 saturated heterocycles. The van der Waals surface area contributed by atoms with Gasteiger partial charge in [-0.2, -0.15) is 0 Å². The van der Waals surface area contributed by atoms with Crippen LogP contribution >= 0.6 is 15.9 Å². The second kappa shape index (κ2) is 10.1. The topological polar surface area (TPSA) is 58.6 Å². The molecule has 6 heteroatoms. The van der Waals surface area contributed by atoms with Crippen molar-refractivity contribution in [3.8, 4) is 0 Å². The van der Waals surface area contributed by atoms with Gasteiger partial charge in [0.2, 0.25) is 0 Å². The Balaban J connectivity index is 1.48. The van der Waals surface area contributed by atoms with Crippen LogP contribution in [0.2, 0.25) is 0 Å². The normalized spacial score (nSPS) is 14.6. The first-order valence-corrected chi connectivity index (χ1v) is 11.4. The smallest absolute Gasteiger partial charge is 0.252 e. The van der Waals surface area contributed by atoms with Gasteiger partial charge in [0.25, 0.3) is 5.91 Å². The van der Waals surface area contributed by atoms with Gasteiger partial charge >= 0.3 is 0 Å². The van der Waals surface area contributed by atoms with Crippen molar-refractivity contribution >= 4 is 33.3 Å². The molecule has 1 aliphatic heterocycles. The van der Waals surface area contributed by atoms with Crippen LogP contribution in [0.4, 0.5) is 5.69 Å². The van der Waals surface area contributed by atoms with Crippen LogP contribution in [0.1, 0.15) is 44.8 Å². The number of amides is 1. The van der Waals surface area contributed by atoms with Crippen molar-refractivity contribution in [3.05, 3.63) is 99.5 Å². The molecule has 1 atom stereocenters. The summed E-state index contributed by atoms with van der Waals surface area (Å²) in [6.07, 6.45) is 0. The molecule has 0 bridgehead atoms. The van der Waals surface area contributed by atoms with Crippen molar-refractivity contribution in [2.75, 3.05) is 31.2 Å². The van der Waals surface area contributed by atoms with Gasteiger partial charge in [-0.25, -0.2) is 0 Å². The highest BCUT2D eigenvalue weighted by Gasteiger charge is 2.20. The first-order chi connectivity index (χ1) is 15.5. The van der Waals surface area contributed by atoms with Crippen molar-refractivity contribution in [2.24, 2.45) is 0 Å². The number of rotatable bonds is 6. The van der Waals surface area contributed by atoms with Crippen LogP contribution in [0.15, 0.2) is 77.3 Å². The van der Waals surface area contributed by atoms with E-state index in [2.05, 4.69) is 38.3 Å². The summed E-state index contributed by atoms with van der Waals surface area (Å²) in [5, 5.41) is 3.04. The summed E-state index contributed by atoms with van der Waals surface area (Å²) in [6, 6.07) is 22.1. The fourth-order valence-electron chi connectivity index (χ4n) is 3.79. The number of carbonyl (C=O) groups is 2. The second-order valence-corrected chi connectivity index (χ2v) is 8.68. The molecule has 0 aliphatic carbocycles. The van der Waals surface area contributed by atoms with E-state index in [1.807, 2.05) is 31.2 Å². The Kier molecular flexibility index (Phi) is 7.02. The quantitative estimate of drug-likeness (QED) is 0.491. The van der Waals surface area contributed by atoms with Gasteiger partial charge in [-0.05, 0) is 55.0 Å². The summed E-state index contributed by atoms with van der Waals surface area (Å²) >= 11 is 3.38. The van der Waals surface area contributed by atoms with Gasteiger partial charge in [0.1, 0.15) is 0 Å². The molecule has 0 spiro atoms. The zero-order chi connectivity index (χ0) is 22.5. The zero-order valence-corrected chi connectivity index (χ0v) is 19.5. The maximum Gasteiger partial charge on any atom is 0.252 e. The fraction of sp³-hybridized carbons (Fsp3) is 0.231. The Bertz CT molecular complexity index is 1090. The van der Waals surface area contributed by atoms with Gasteiger partial charge in [-0.1, -0.05) is 46.3 Å². The van der Waals surface area contributed by atoms with E-state index < -0.39 is 0 Å². The molecule has 1 amide bonds. The predicted molar refractivity (Wildman–Crippen MR) is 129 cm³/mol. The number of halogens is 1. The molecule has 1 fully saturated rings. The summed E-state index contributed by atoms with van der Waals surface area (Å²) in [5.41, 5.74) is 3.47. The number of benzene rings is 3. The molecule has 32 heavy (non-hydrogen) atoms. The number of anilines is 1. The third-order valence-corrected chi connectivity index (χ3v) is 6.17. The number of hydrogen-bond acceptors (Lipinski definition) is 4. The average Bonchev–Trinajstić information content (AvgIpc) is 2.84. The Morgan fingerprint density at radius 2 is 1.53 bits per heavy atom. The lowest BCUT2D eigenvalue weighted by atomic mass is 9.97. The number of carbonyl (C=O) groups excluding carboxylic acids is 2. The number of nitrogens with one attached hydrogen (secondary N) is 1. The van der Waals surface area contributed by atoms with Gasteiger partial charge in [0.05, 0.1) is 24.8 Å². The lowest BCUT2D eigenvalue weighted by Gasteiger charge is -2.29. The van der Waals surface area contributed by atoms with Gasteiger partial charge in [-0.15, -0.1) is 0 Å². The average molecular weight is 493 g/mol. The van der Waals surface area contributed by atoms with Crippen LogP contribution in [0, 0.1) is 0 Å². The minimum absolute atomic E-state index is 0.175. The summed E-state index contributed by atoms with van der Waals surface area (Å²) in [7, 11) is 0. The maximum absolute atomic E-state index is 13.1.